The van der Waals surface area contributed by atoms with Crippen LogP contribution in [0.2, 0.25) is 0 Å². The molecule has 0 amide bonds. The van der Waals surface area contributed by atoms with Crippen molar-refractivity contribution in [2.45, 2.75) is 84.7 Å². The molecule has 2 heteroatoms. The molecule has 0 bridgehead atoms. The van der Waals surface area contributed by atoms with Crippen LogP contribution in [0.25, 0.3) is 0 Å². The summed E-state index contributed by atoms with van der Waals surface area (Å²) >= 11 is 0. The van der Waals surface area contributed by atoms with Crippen LogP contribution in [-0.2, 0) is 4.79 Å². The molecule has 8 atom stereocenters. The molecule has 0 aromatic carbocycles. The first-order chi connectivity index (χ1) is 10.9. The van der Waals surface area contributed by atoms with Gasteiger partial charge in [-0.15, -0.1) is 0 Å². The van der Waals surface area contributed by atoms with Gasteiger partial charge in [0.2, 0.25) is 0 Å². The predicted octanol–water partition coefficient (Wildman–Crippen LogP) is 4.60. The first kappa shape index (κ1) is 16.1. The number of aliphatic hydroxyl groups excluding tert-OH is 1. The minimum Gasteiger partial charge on any atom is -0.393 e. The van der Waals surface area contributed by atoms with Gasteiger partial charge in [-0.3, -0.25) is 4.79 Å². The second-order valence-corrected chi connectivity index (χ2v) is 9.61. The van der Waals surface area contributed by atoms with Gasteiger partial charge >= 0.3 is 0 Å². The molecule has 23 heavy (non-hydrogen) atoms. The maximum atomic E-state index is 12.9. The lowest BCUT2D eigenvalue weighted by Gasteiger charge is -2.60. The van der Waals surface area contributed by atoms with E-state index in [0.717, 1.165) is 37.5 Å². The maximum Gasteiger partial charge on any atom is 0.139 e. The maximum absolute atomic E-state index is 12.9. The van der Waals surface area contributed by atoms with Gasteiger partial charge < -0.3 is 5.11 Å². The van der Waals surface area contributed by atoms with Gasteiger partial charge in [-0.1, -0.05) is 27.2 Å². The minimum atomic E-state index is -0.242. The summed E-state index contributed by atoms with van der Waals surface area (Å²) in [7, 11) is 0. The Morgan fingerprint density at radius 1 is 1.09 bits per heavy atom. The highest BCUT2D eigenvalue weighted by molar-refractivity contribution is 5.86. The Kier molecular flexibility index (Phi) is 3.72. The molecule has 4 saturated carbocycles. The van der Waals surface area contributed by atoms with E-state index in [2.05, 4.69) is 20.8 Å². The van der Waals surface area contributed by atoms with E-state index < -0.39 is 0 Å². The number of hydrogen-bond acceptors (Lipinski definition) is 2. The molecule has 0 aromatic heterocycles. The molecule has 0 spiro atoms. The number of Topliss-reactive ketones (excluding diaryl/α,β-unsaturated/α-hetero) is 1. The molecule has 2 unspecified atom stereocenters. The third-order valence-corrected chi connectivity index (χ3v) is 9.16. The summed E-state index contributed by atoms with van der Waals surface area (Å²) in [4.78, 5) is 12.9. The Balaban J connectivity index is 1.70. The fourth-order valence-electron chi connectivity index (χ4n) is 7.92. The molecule has 1 N–H and O–H groups in total. The van der Waals surface area contributed by atoms with Crippen LogP contribution in [-0.4, -0.2) is 17.0 Å². The standard InChI is InChI=1S/C21H34O2/c1-4-13-8-9-15-14-12-18(22)17-6-5-7-19(23)21(17,3)16(14)10-11-20(13,15)2/h13-18,22H,4-12H2,1-3H3/t13-,14-,15-,16-,17?,18?,20+,21+/m0/s1. The Labute approximate surface area is 141 Å². The number of carbonyl (C=O) groups excluding carboxylic acids is 1. The van der Waals surface area contributed by atoms with Gasteiger partial charge in [0, 0.05) is 11.8 Å². The van der Waals surface area contributed by atoms with Crippen molar-refractivity contribution in [3.05, 3.63) is 0 Å². The molecule has 130 valence electrons. The van der Waals surface area contributed by atoms with Crippen molar-refractivity contribution in [3.63, 3.8) is 0 Å². The van der Waals surface area contributed by atoms with Gasteiger partial charge in [0.15, 0.2) is 0 Å². The van der Waals surface area contributed by atoms with Crippen LogP contribution in [0, 0.1) is 40.4 Å². The Morgan fingerprint density at radius 3 is 2.61 bits per heavy atom. The van der Waals surface area contributed by atoms with Crippen LogP contribution in [0.4, 0.5) is 0 Å². The monoisotopic (exact) mass is 318 g/mol. The quantitative estimate of drug-likeness (QED) is 0.767. The van der Waals surface area contributed by atoms with Crippen molar-refractivity contribution >= 4 is 5.78 Å². The van der Waals surface area contributed by atoms with Crippen LogP contribution >= 0.6 is 0 Å². The summed E-state index contributed by atoms with van der Waals surface area (Å²) in [6.45, 7) is 7.11. The largest absolute Gasteiger partial charge is 0.393 e. The van der Waals surface area contributed by atoms with E-state index in [1.807, 2.05) is 0 Å². The highest BCUT2D eigenvalue weighted by Crippen LogP contribution is 2.67. The molecule has 4 aliphatic rings. The number of aliphatic hydroxyl groups is 1. The number of rotatable bonds is 1. The van der Waals surface area contributed by atoms with Crippen LogP contribution in [0.15, 0.2) is 0 Å². The molecule has 4 aliphatic carbocycles. The van der Waals surface area contributed by atoms with Crippen molar-refractivity contribution in [2.75, 3.05) is 0 Å². The van der Waals surface area contributed by atoms with E-state index in [0.29, 0.717) is 23.0 Å². The molecule has 4 rings (SSSR count). The smallest absolute Gasteiger partial charge is 0.139 e. The fraction of sp³-hybridized carbons (Fsp3) is 0.952. The number of carbonyl (C=O) groups is 1. The molecule has 2 nitrogen and oxygen atoms in total. The number of fused-ring (bicyclic) bond motifs is 5. The van der Waals surface area contributed by atoms with Gasteiger partial charge in [-0.05, 0) is 80.0 Å². The van der Waals surface area contributed by atoms with Crippen LogP contribution in [0.1, 0.15) is 78.6 Å². The summed E-state index contributed by atoms with van der Waals surface area (Å²) in [6.07, 6.45) is 10.1. The summed E-state index contributed by atoms with van der Waals surface area (Å²) in [6, 6.07) is 0. The lowest BCUT2D eigenvalue weighted by atomic mass is 9.44. The van der Waals surface area contributed by atoms with E-state index in [9.17, 15) is 9.90 Å². The van der Waals surface area contributed by atoms with Crippen LogP contribution in [0.3, 0.4) is 0 Å². The van der Waals surface area contributed by atoms with Crippen molar-refractivity contribution in [1.29, 1.82) is 0 Å². The van der Waals surface area contributed by atoms with Crippen molar-refractivity contribution in [1.82, 2.24) is 0 Å². The predicted molar refractivity (Wildman–Crippen MR) is 91.9 cm³/mol. The molecular formula is C21H34O2. The zero-order chi connectivity index (χ0) is 16.4. The Hall–Kier alpha value is -0.370. The first-order valence-corrected chi connectivity index (χ1v) is 10.1. The lowest BCUT2D eigenvalue weighted by Crippen LogP contribution is -2.60. The zero-order valence-corrected chi connectivity index (χ0v) is 15.2. The average molecular weight is 319 g/mol. The molecule has 0 radical (unpaired) electrons. The van der Waals surface area contributed by atoms with Gasteiger partial charge in [0.25, 0.3) is 0 Å². The highest BCUT2D eigenvalue weighted by Gasteiger charge is 2.63. The fourth-order valence-corrected chi connectivity index (χ4v) is 7.92. The number of ketones is 1. The molecule has 0 saturated heterocycles. The Bertz CT molecular complexity index is 500. The third kappa shape index (κ3) is 2.00. The average Bonchev–Trinajstić information content (AvgIpc) is 2.86. The summed E-state index contributed by atoms with van der Waals surface area (Å²) in [5, 5.41) is 10.9. The van der Waals surface area contributed by atoms with E-state index in [4.69, 9.17) is 0 Å². The van der Waals surface area contributed by atoms with E-state index >= 15 is 0 Å². The summed E-state index contributed by atoms with van der Waals surface area (Å²) in [5.74, 6) is 3.43. The Morgan fingerprint density at radius 2 is 1.87 bits per heavy atom. The molecule has 0 aromatic rings. The van der Waals surface area contributed by atoms with Crippen molar-refractivity contribution in [3.8, 4) is 0 Å². The SMILES string of the molecule is CC[C@H]1CC[C@H]2[C@@H]3CC(O)C4CCCC(=O)[C@]4(C)[C@H]3CC[C@]12C. The lowest BCUT2D eigenvalue weighted by molar-refractivity contribution is -0.173. The molecule has 0 aliphatic heterocycles. The van der Waals surface area contributed by atoms with E-state index in [1.54, 1.807) is 0 Å². The normalized spacial score (nSPS) is 55.9. The molecule has 0 heterocycles. The van der Waals surface area contributed by atoms with Crippen molar-refractivity contribution < 1.29 is 9.90 Å². The minimum absolute atomic E-state index is 0.230. The van der Waals surface area contributed by atoms with E-state index in [1.165, 1.54) is 32.1 Å². The van der Waals surface area contributed by atoms with Gasteiger partial charge in [0.1, 0.15) is 5.78 Å². The molecule has 4 fully saturated rings. The zero-order valence-electron chi connectivity index (χ0n) is 15.2. The second kappa shape index (κ2) is 5.31. The van der Waals surface area contributed by atoms with E-state index in [-0.39, 0.29) is 17.4 Å². The molecular weight excluding hydrogens is 284 g/mol. The summed E-state index contributed by atoms with van der Waals surface area (Å²) < 4.78 is 0. The topological polar surface area (TPSA) is 37.3 Å². The summed E-state index contributed by atoms with van der Waals surface area (Å²) in [5.41, 5.74) is 0.239. The number of hydrogen-bond donors (Lipinski definition) is 1. The first-order valence-electron chi connectivity index (χ1n) is 10.1. The second-order valence-electron chi connectivity index (χ2n) is 9.61. The van der Waals surface area contributed by atoms with Gasteiger partial charge in [-0.2, -0.15) is 0 Å². The van der Waals surface area contributed by atoms with Crippen molar-refractivity contribution in [2.24, 2.45) is 40.4 Å². The van der Waals surface area contributed by atoms with Gasteiger partial charge in [0.05, 0.1) is 6.10 Å². The van der Waals surface area contributed by atoms with Gasteiger partial charge in [-0.25, -0.2) is 0 Å². The van der Waals surface area contributed by atoms with Crippen LogP contribution < -0.4 is 0 Å². The third-order valence-electron chi connectivity index (χ3n) is 9.16. The van der Waals surface area contributed by atoms with Crippen LogP contribution in [0.5, 0.6) is 0 Å². The highest BCUT2D eigenvalue weighted by atomic mass is 16.3.